The smallest absolute Gasteiger partial charge is 0.293 e. The van der Waals surface area contributed by atoms with Crippen LogP contribution in [-0.2, 0) is 22.6 Å². The van der Waals surface area contributed by atoms with Gasteiger partial charge in [0.2, 0.25) is 0 Å². The maximum atomic E-state index is 10.2. The number of benzene rings is 2. The molecule has 0 unspecified atom stereocenters. The second kappa shape index (κ2) is 12.7. The molecule has 7 nitrogen and oxygen atoms in total. The van der Waals surface area contributed by atoms with Gasteiger partial charge in [0.25, 0.3) is 12.4 Å². The van der Waals surface area contributed by atoms with E-state index in [1.54, 1.807) is 6.20 Å². The topological polar surface area (TPSA) is 84.8 Å². The van der Waals surface area contributed by atoms with E-state index in [4.69, 9.17) is 4.74 Å². The van der Waals surface area contributed by atoms with Crippen molar-refractivity contribution >= 4 is 12.2 Å². The van der Waals surface area contributed by atoms with E-state index in [1.165, 1.54) is 5.69 Å². The molecule has 1 aromatic heterocycles. The Morgan fingerprint density at radius 2 is 1.66 bits per heavy atom. The van der Waals surface area contributed by atoms with E-state index in [9.17, 15) is 9.90 Å². The number of para-hydroxylation sites is 1. The summed E-state index contributed by atoms with van der Waals surface area (Å²) in [6, 6.07) is 20.4. The first-order valence-corrected chi connectivity index (χ1v) is 12.0. The van der Waals surface area contributed by atoms with Crippen molar-refractivity contribution in [2.45, 2.75) is 52.2 Å². The van der Waals surface area contributed by atoms with Crippen LogP contribution in [0.15, 0.2) is 66.9 Å². The lowest BCUT2D eigenvalue weighted by atomic mass is 9.93. The maximum Gasteiger partial charge on any atom is 0.293 e. The molecule has 2 aromatic carbocycles. The number of piperidine rings is 1. The zero-order valence-electron chi connectivity index (χ0n) is 20.8. The van der Waals surface area contributed by atoms with E-state index in [1.807, 2.05) is 57.2 Å². The number of rotatable bonds is 7. The van der Waals surface area contributed by atoms with E-state index in [0.29, 0.717) is 30.6 Å². The lowest BCUT2D eigenvalue weighted by molar-refractivity contribution is -0.138. The van der Waals surface area contributed by atoms with Crippen molar-refractivity contribution in [3.05, 3.63) is 78.2 Å². The van der Waals surface area contributed by atoms with E-state index < -0.39 is 0 Å². The van der Waals surface area contributed by atoms with Gasteiger partial charge in [0.1, 0.15) is 18.0 Å². The monoisotopic (exact) mass is 477 g/mol. The van der Waals surface area contributed by atoms with Crippen molar-refractivity contribution in [1.29, 1.82) is 0 Å². The molecule has 0 aliphatic carbocycles. The number of aromatic nitrogens is 2. The van der Waals surface area contributed by atoms with Crippen molar-refractivity contribution in [2.24, 2.45) is 5.92 Å². The Morgan fingerprint density at radius 1 is 1.03 bits per heavy atom. The van der Waals surface area contributed by atoms with Gasteiger partial charge in [-0.05, 0) is 57.2 Å². The lowest BCUT2D eigenvalue weighted by Gasteiger charge is -2.33. The Balaban J connectivity index is 0.000000429. The van der Waals surface area contributed by atoms with Gasteiger partial charge in [-0.25, -0.2) is 4.98 Å². The Kier molecular flexibility index (Phi) is 9.47. The zero-order chi connectivity index (χ0) is 25.1. The fraction of sp³-hybridized carbons (Fsp3) is 0.393. The maximum absolute atomic E-state index is 10.2. The fourth-order valence-electron chi connectivity index (χ4n) is 3.77. The molecule has 0 spiro atoms. The number of ether oxygens (including phenoxy) is 2. The average Bonchev–Trinajstić information content (AvgIpc) is 2.85. The van der Waals surface area contributed by atoms with Crippen LogP contribution in [-0.4, -0.2) is 40.2 Å². The summed E-state index contributed by atoms with van der Waals surface area (Å²) in [5.41, 5.74) is 2.01. The highest BCUT2D eigenvalue weighted by molar-refractivity contribution is 5.46. The standard InChI is InChI=1S/C23H25N3O2.C5H10O2/c27-23-21(28-17-19-7-3-1-4-8-19)16-24-22(25-23)15-18-11-13-26(14-12-18)20-9-5-2-6-10-20;1-5(2,3)7-4-6/h1-10,16,18H,11-15,17H2,(H,24,25,27);4H,1-3H3. The van der Waals surface area contributed by atoms with E-state index in [2.05, 4.69) is 43.9 Å². The number of aromatic hydroxyl groups is 1. The molecule has 7 heteroatoms. The van der Waals surface area contributed by atoms with Crippen LogP contribution in [0.25, 0.3) is 0 Å². The molecular formula is C28H35N3O4. The van der Waals surface area contributed by atoms with Crippen LogP contribution in [0, 0.1) is 5.92 Å². The number of anilines is 1. The minimum atomic E-state index is -0.318. The quantitative estimate of drug-likeness (QED) is 0.470. The highest BCUT2D eigenvalue weighted by Crippen LogP contribution is 2.27. The molecule has 1 fully saturated rings. The van der Waals surface area contributed by atoms with Crippen molar-refractivity contribution in [3.8, 4) is 11.6 Å². The summed E-state index contributed by atoms with van der Waals surface area (Å²) >= 11 is 0. The molecule has 0 radical (unpaired) electrons. The first-order valence-electron chi connectivity index (χ1n) is 12.0. The first kappa shape index (κ1) is 26.0. The molecule has 1 aliphatic rings. The second-order valence-electron chi connectivity index (χ2n) is 9.54. The van der Waals surface area contributed by atoms with Gasteiger partial charge in [-0.15, -0.1) is 0 Å². The largest absolute Gasteiger partial charge is 0.491 e. The Bertz CT molecular complexity index is 1030. The third kappa shape index (κ3) is 8.92. The predicted molar refractivity (Wildman–Crippen MR) is 136 cm³/mol. The van der Waals surface area contributed by atoms with Crippen LogP contribution < -0.4 is 9.64 Å². The van der Waals surface area contributed by atoms with Crippen LogP contribution in [0.4, 0.5) is 5.69 Å². The summed E-state index contributed by atoms with van der Waals surface area (Å²) in [5, 5.41) is 10.2. The van der Waals surface area contributed by atoms with Crippen molar-refractivity contribution < 1.29 is 19.4 Å². The summed E-state index contributed by atoms with van der Waals surface area (Å²) < 4.78 is 10.2. The summed E-state index contributed by atoms with van der Waals surface area (Å²) in [6.45, 7) is 8.39. The molecule has 0 bridgehead atoms. The van der Waals surface area contributed by atoms with Gasteiger partial charge in [0.05, 0.1) is 6.20 Å². The van der Waals surface area contributed by atoms with Crippen molar-refractivity contribution in [2.75, 3.05) is 18.0 Å². The van der Waals surface area contributed by atoms with Gasteiger partial charge in [-0.3, -0.25) is 4.79 Å². The van der Waals surface area contributed by atoms with Crippen molar-refractivity contribution in [3.63, 3.8) is 0 Å². The van der Waals surface area contributed by atoms with Gasteiger partial charge in [0, 0.05) is 25.2 Å². The Morgan fingerprint density at radius 3 is 2.20 bits per heavy atom. The summed E-state index contributed by atoms with van der Waals surface area (Å²) in [4.78, 5) is 20.7. The predicted octanol–water partition coefficient (Wildman–Crippen LogP) is 5.18. The number of hydrogen-bond acceptors (Lipinski definition) is 7. The van der Waals surface area contributed by atoms with Crippen molar-refractivity contribution in [1.82, 2.24) is 9.97 Å². The SMILES string of the molecule is CC(C)(C)OC=O.Oc1nc(CC2CCN(c3ccccc3)CC2)ncc1OCc1ccccc1. The Labute approximate surface area is 207 Å². The third-order valence-electron chi connectivity index (χ3n) is 5.63. The molecule has 1 saturated heterocycles. The molecule has 186 valence electrons. The molecule has 1 aliphatic heterocycles. The van der Waals surface area contributed by atoms with E-state index in [0.717, 1.165) is 37.9 Å². The molecule has 1 N–H and O–H groups in total. The highest BCUT2D eigenvalue weighted by Gasteiger charge is 2.21. The second-order valence-corrected chi connectivity index (χ2v) is 9.54. The number of nitrogens with zero attached hydrogens (tertiary/aromatic N) is 3. The molecular weight excluding hydrogens is 442 g/mol. The van der Waals surface area contributed by atoms with Gasteiger partial charge in [0.15, 0.2) is 5.75 Å². The summed E-state index contributed by atoms with van der Waals surface area (Å²) in [7, 11) is 0. The molecule has 35 heavy (non-hydrogen) atoms. The normalized spacial score (nSPS) is 14.0. The van der Waals surface area contributed by atoms with Crippen LogP contribution in [0.1, 0.15) is 45.0 Å². The number of carbonyl (C=O) groups excluding carboxylic acids is 1. The number of hydrogen-bond donors (Lipinski definition) is 1. The van der Waals surface area contributed by atoms with Gasteiger partial charge in [-0.1, -0.05) is 48.5 Å². The first-order chi connectivity index (χ1) is 16.8. The van der Waals surface area contributed by atoms with E-state index in [-0.39, 0.29) is 11.5 Å². The minimum absolute atomic E-state index is 0.0809. The van der Waals surface area contributed by atoms with E-state index >= 15 is 0 Å². The molecule has 2 heterocycles. The summed E-state index contributed by atoms with van der Waals surface area (Å²) in [5.74, 6) is 1.47. The molecule has 0 atom stereocenters. The van der Waals surface area contributed by atoms with Gasteiger partial charge >= 0.3 is 0 Å². The van der Waals surface area contributed by atoms with Crippen LogP contribution in [0.2, 0.25) is 0 Å². The van der Waals surface area contributed by atoms with Crippen LogP contribution in [0.3, 0.4) is 0 Å². The molecule has 3 aromatic rings. The lowest BCUT2D eigenvalue weighted by Crippen LogP contribution is -2.34. The van der Waals surface area contributed by atoms with Crippen LogP contribution >= 0.6 is 0 Å². The number of carbonyl (C=O) groups is 1. The molecule has 0 saturated carbocycles. The Hall–Kier alpha value is -3.61. The molecule has 4 rings (SSSR count). The fourth-order valence-corrected chi connectivity index (χ4v) is 3.77. The third-order valence-corrected chi connectivity index (χ3v) is 5.63. The average molecular weight is 478 g/mol. The zero-order valence-corrected chi connectivity index (χ0v) is 20.8. The van der Waals surface area contributed by atoms with Gasteiger partial charge in [-0.2, -0.15) is 4.98 Å². The molecule has 0 amide bonds. The van der Waals surface area contributed by atoms with Crippen LogP contribution in [0.5, 0.6) is 11.6 Å². The van der Waals surface area contributed by atoms with Gasteiger partial charge < -0.3 is 19.5 Å². The minimum Gasteiger partial charge on any atom is -0.491 e. The highest BCUT2D eigenvalue weighted by atomic mass is 16.5. The summed E-state index contributed by atoms with van der Waals surface area (Å²) in [6.07, 6.45) is 4.57.